The van der Waals surface area contributed by atoms with Crippen molar-refractivity contribution in [2.75, 3.05) is 11.9 Å². The highest BCUT2D eigenvalue weighted by Gasteiger charge is 2.20. The molecule has 1 aliphatic rings. The molecule has 0 aromatic heterocycles. The van der Waals surface area contributed by atoms with Gasteiger partial charge in [-0.15, -0.1) is 5.11 Å². The summed E-state index contributed by atoms with van der Waals surface area (Å²) in [6.07, 6.45) is 9.00. The molecule has 2 aromatic rings. The predicted octanol–water partition coefficient (Wildman–Crippen LogP) is 5.62. The van der Waals surface area contributed by atoms with E-state index in [1.165, 1.54) is 37.7 Å². The molecule has 0 radical (unpaired) electrons. The lowest BCUT2D eigenvalue weighted by molar-refractivity contribution is -0.116. The standard InChI is InChI=1S/C25H33N5O2/c26-30-29-23-16-9-8-15-22(23)28-24(31)17-5-2-10-18-27-25(32)21-14-7-6-13-20(21)19-11-3-1-4-12-19/h6-9,13-16,19H,1-5,10-12,17-18H2,(H2,26,29)(H,27,32)(H,28,31). The summed E-state index contributed by atoms with van der Waals surface area (Å²) in [6.45, 7) is 0.610. The fourth-order valence-corrected chi connectivity index (χ4v) is 4.30. The van der Waals surface area contributed by atoms with Gasteiger partial charge in [0.25, 0.3) is 5.91 Å². The fourth-order valence-electron chi connectivity index (χ4n) is 4.30. The molecular weight excluding hydrogens is 402 g/mol. The second-order valence-electron chi connectivity index (χ2n) is 8.27. The summed E-state index contributed by atoms with van der Waals surface area (Å²) in [6, 6.07) is 15.1. The molecule has 0 saturated heterocycles. The highest BCUT2D eigenvalue weighted by atomic mass is 16.2. The van der Waals surface area contributed by atoms with E-state index < -0.39 is 0 Å². The van der Waals surface area contributed by atoms with Crippen LogP contribution in [0, 0.1) is 0 Å². The first kappa shape index (κ1) is 23.4. The number of benzene rings is 2. The van der Waals surface area contributed by atoms with Crippen molar-refractivity contribution in [1.29, 1.82) is 0 Å². The first-order chi connectivity index (χ1) is 15.7. The van der Waals surface area contributed by atoms with Crippen LogP contribution in [-0.4, -0.2) is 18.4 Å². The van der Waals surface area contributed by atoms with E-state index in [1.807, 2.05) is 30.3 Å². The Morgan fingerprint density at radius 2 is 1.69 bits per heavy atom. The molecule has 3 rings (SSSR count). The number of carbonyl (C=O) groups excluding carboxylic acids is 2. The van der Waals surface area contributed by atoms with Crippen LogP contribution in [0.4, 0.5) is 11.4 Å². The van der Waals surface area contributed by atoms with Crippen LogP contribution in [0.5, 0.6) is 0 Å². The zero-order valence-electron chi connectivity index (χ0n) is 18.6. The van der Waals surface area contributed by atoms with Crippen LogP contribution in [0.25, 0.3) is 0 Å². The Balaban J connectivity index is 1.37. The molecule has 0 bridgehead atoms. The molecule has 2 aromatic carbocycles. The minimum Gasteiger partial charge on any atom is -0.352 e. The third-order valence-corrected chi connectivity index (χ3v) is 5.96. The second-order valence-corrected chi connectivity index (χ2v) is 8.27. The molecule has 0 aliphatic heterocycles. The summed E-state index contributed by atoms with van der Waals surface area (Å²) in [7, 11) is 0. The molecule has 32 heavy (non-hydrogen) atoms. The van der Waals surface area contributed by atoms with Crippen molar-refractivity contribution in [1.82, 2.24) is 5.32 Å². The maximum absolute atomic E-state index is 12.7. The number of nitrogens with zero attached hydrogens (tertiary/aromatic N) is 2. The number of hydrogen-bond donors (Lipinski definition) is 3. The van der Waals surface area contributed by atoms with Gasteiger partial charge in [0.1, 0.15) is 5.69 Å². The number of hydrogen-bond acceptors (Lipinski definition) is 4. The lowest BCUT2D eigenvalue weighted by atomic mass is 9.82. The van der Waals surface area contributed by atoms with Gasteiger partial charge < -0.3 is 16.5 Å². The monoisotopic (exact) mass is 435 g/mol. The van der Waals surface area contributed by atoms with Gasteiger partial charge >= 0.3 is 0 Å². The van der Waals surface area contributed by atoms with E-state index in [9.17, 15) is 9.59 Å². The Morgan fingerprint density at radius 3 is 2.50 bits per heavy atom. The topological polar surface area (TPSA) is 109 Å². The minimum atomic E-state index is -0.0740. The quantitative estimate of drug-likeness (QED) is 0.195. The Morgan fingerprint density at radius 1 is 0.938 bits per heavy atom. The van der Waals surface area contributed by atoms with Gasteiger partial charge in [-0.1, -0.05) is 61.2 Å². The van der Waals surface area contributed by atoms with Crippen LogP contribution in [0.1, 0.15) is 79.6 Å². The molecular formula is C25H33N5O2. The maximum Gasteiger partial charge on any atom is 0.251 e. The smallest absolute Gasteiger partial charge is 0.251 e. The van der Waals surface area contributed by atoms with Crippen molar-refractivity contribution in [3.05, 3.63) is 59.7 Å². The van der Waals surface area contributed by atoms with Gasteiger partial charge in [-0.05, 0) is 55.4 Å². The molecule has 1 aliphatic carbocycles. The van der Waals surface area contributed by atoms with Gasteiger partial charge in [0.05, 0.1) is 5.69 Å². The largest absolute Gasteiger partial charge is 0.352 e. The molecule has 0 unspecified atom stereocenters. The van der Waals surface area contributed by atoms with Crippen LogP contribution in [0.2, 0.25) is 0 Å². The molecule has 7 heteroatoms. The van der Waals surface area contributed by atoms with Gasteiger partial charge in [-0.25, -0.2) is 0 Å². The Bertz CT molecular complexity index is 922. The average molecular weight is 436 g/mol. The molecule has 0 heterocycles. The number of nitrogens with two attached hydrogens (primary N) is 1. The first-order valence-corrected chi connectivity index (χ1v) is 11.6. The number of rotatable bonds is 10. The van der Waals surface area contributed by atoms with Crippen molar-refractivity contribution >= 4 is 23.2 Å². The van der Waals surface area contributed by atoms with E-state index in [-0.39, 0.29) is 11.8 Å². The molecule has 170 valence electrons. The Labute approximate surface area is 189 Å². The lowest BCUT2D eigenvalue weighted by Crippen LogP contribution is -2.26. The zero-order valence-corrected chi connectivity index (χ0v) is 18.6. The highest BCUT2D eigenvalue weighted by molar-refractivity contribution is 5.96. The fraction of sp³-hybridized carbons (Fsp3) is 0.440. The molecule has 1 fully saturated rings. The highest BCUT2D eigenvalue weighted by Crippen LogP contribution is 2.34. The molecule has 7 nitrogen and oxygen atoms in total. The van der Waals surface area contributed by atoms with Crippen LogP contribution < -0.4 is 16.5 Å². The second kappa shape index (κ2) is 12.6. The molecule has 4 N–H and O–H groups in total. The SMILES string of the molecule is NN=Nc1ccccc1NC(=O)CCCCCNC(=O)c1ccccc1C1CCCCC1. The molecule has 0 atom stereocenters. The summed E-state index contributed by atoms with van der Waals surface area (Å²) in [5.41, 5.74) is 3.12. The first-order valence-electron chi connectivity index (χ1n) is 11.6. The van der Waals surface area contributed by atoms with Crippen molar-refractivity contribution < 1.29 is 9.59 Å². The number of para-hydroxylation sites is 1. The number of carbonyl (C=O) groups is 2. The van der Waals surface area contributed by atoms with Gasteiger partial charge in [-0.3, -0.25) is 9.59 Å². The number of anilines is 1. The van der Waals surface area contributed by atoms with E-state index in [0.717, 1.165) is 24.8 Å². The van der Waals surface area contributed by atoms with E-state index in [1.54, 1.807) is 12.1 Å². The Kier molecular flexibility index (Phi) is 9.22. The van der Waals surface area contributed by atoms with Crippen LogP contribution >= 0.6 is 0 Å². The molecule has 2 amide bonds. The summed E-state index contributed by atoms with van der Waals surface area (Å²) in [4.78, 5) is 24.9. The zero-order chi connectivity index (χ0) is 22.6. The van der Waals surface area contributed by atoms with Crippen LogP contribution in [0.15, 0.2) is 58.9 Å². The van der Waals surface area contributed by atoms with E-state index in [2.05, 4.69) is 27.0 Å². The number of unbranched alkanes of at least 4 members (excludes halogenated alkanes) is 2. The van der Waals surface area contributed by atoms with Crippen molar-refractivity contribution in [2.24, 2.45) is 16.2 Å². The summed E-state index contributed by atoms with van der Waals surface area (Å²) in [5.74, 6) is 5.54. The van der Waals surface area contributed by atoms with E-state index in [4.69, 9.17) is 5.84 Å². The van der Waals surface area contributed by atoms with Gasteiger partial charge in [0.15, 0.2) is 0 Å². The average Bonchev–Trinajstić information content (AvgIpc) is 2.83. The van der Waals surface area contributed by atoms with Crippen molar-refractivity contribution in [3.63, 3.8) is 0 Å². The van der Waals surface area contributed by atoms with Gasteiger partial charge in [0, 0.05) is 18.5 Å². The lowest BCUT2D eigenvalue weighted by Gasteiger charge is -2.24. The third-order valence-electron chi connectivity index (χ3n) is 5.96. The third kappa shape index (κ3) is 6.90. The maximum atomic E-state index is 12.7. The predicted molar refractivity (Wildman–Crippen MR) is 127 cm³/mol. The number of amides is 2. The number of nitrogens with one attached hydrogen (secondary N) is 2. The van der Waals surface area contributed by atoms with E-state index >= 15 is 0 Å². The summed E-state index contributed by atoms with van der Waals surface area (Å²) < 4.78 is 0. The summed E-state index contributed by atoms with van der Waals surface area (Å²) in [5, 5.41) is 13.0. The van der Waals surface area contributed by atoms with Crippen molar-refractivity contribution in [3.8, 4) is 0 Å². The van der Waals surface area contributed by atoms with Gasteiger partial charge in [-0.2, -0.15) is 0 Å². The molecule has 1 saturated carbocycles. The van der Waals surface area contributed by atoms with Crippen molar-refractivity contribution in [2.45, 2.75) is 63.7 Å². The molecule has 0 spiro atoms. The van der Waals surface area contributed by atoms with Gasteiger partial charge in [0.2, 0.25) is 5.91 Å². The summed E-state index contributed by atoms with van der Waals surface area (Å²) >= 11 is 0. The van der Waals surface area contributed by atoms with Crippen LogP contribution in [0.3, 0.4) is 0 Å². The van der Waals surface area contributed by atoms with Crippen LogP contribution in [-0.2, 0) is 4.79 Å². The normalized spacial score (nSPS) is 14.4. The Hall–Kier alpha value is -3.22. The van der Waals surface area contributed by atoms with E-state index in [0.29, 0.717) is 30.3 Å². The minimum absolute atomic E-state index is 0.00888.